The molecular formula is C15H28N4O4S. The molecule has 1 aliphatic carbocycles. The molecule has 2 N–H and O–H groups in total. The molecule has 0 aromatic heterocycles. The number of nitrogens with zero attached hydrogens (tertiary/aromatic N) is 2. The Hall–Kier alpha value is -1.35. The standard InChI is InChI=1S/C15H28N4O4S/c1-18(2)13(20)15(7-4-5-8-15)11-16-14(21)19-9-6-12(10-19)17-24(3,22)23/h12,17H,4-11H2,1-3H3,(H,16,21). The minimum Gasteiger partial charge on any atom is -0.348 e. The fourth-order valence-electron chi connectivity index (χ4n) is 3.69. The maximum atomic E-state index is 12.5. The van der Waals surface area contributed by atoms with E-state index in [0.29, 0.717) is 26.1 Å². The van der Waals surface area contributed by atoms with Crippen LogP contribution in [0.2, 0.25) is 0 Å². The summed E-state index contributed by atoms with van der Waals surface area (Å²) in [5.74, 6) is 0.0679. The van der Waals surface area contributed by atoms with Crippen LogP contribution < -0.4 is 10.0 Å². The Bertz CT molecular complexity index is 584. The minimum atomic E-state index is -3.27. The first-order chi connectivity index (χ1) is 11.1. The average molecular weight is 360 g/mol. The Morgan fingerprint density at radius 1 is 1.25 bits per heavy atom. The molecule has 1 aliphatic heterocycles. The summed E-state index contributed by atoms with van der Waals surface area (Å²) in [5.41, 5.74) is -0.497. The second-order valence-corrected chi connectivity index (χ2v) is 8.95. The fraction of sp³-hybridized carbons (Fsp3) is 0.867. The molecule has 24 heavy (non-hydrogen) atoms. The molecule has 1 heterocycles. The van der Waals surface area contributed by atoms with E-state index in [2.05, 4.69) is 10.0 Å². The number of hydrogen-bond donors (Lipinski definition) is 2. The topological polar surface area (TPSA) is 98.8 Å². The highest BCUT2D eigenvalue weighted by molar-refractivity contribution is 7.88. The van der Waals surface area contributed by atoms with Gasteiger partial charge in [0.25, 0.3) is 0 Å². The predicted octanol–water partition coefficient (Wildman–Crippen LogP) is -0.0319. The molecule has 3 amide bonds. The van der Waals surface area contributed by atoms with Crippen molar-refractivity contribution in [2.45, 2.75) is 38.1 Å². The molecule has 9 heteroatoms. The zero-order chi connectivity index (χ0) is 18.0. The third-order valence-corrected chi connectivity index (χ3v) is 5.62. The first-order valence-electron chi connectivity index (χ1n) is 8.35. The highest BCUT2D eigenvalue weighted by atomic mass is 32.2. The van der Waals surface area contributed by atoms with Crippen molar-refractivity contribution in [1.82, 2.24) is 19.8 Å². The summed E-state index contributed by atoms with van der Waals surface area (Å²) in [6, 6.07) is -0.472. The van der Waals surface area contributed by atoms with Gasteiger partial charge in [-0.15, -0.1) is 0 Å². The van der Waals surface area contributed by atoms with Gasteiger partial charge >= 0.3 is 6.03 Å². The molecule has 1 saturated carbocycles. The van der Waals surface area contributed by atoms with E-state index in [4.69, 9.17) is 0 Å². The number of urea groups is 1. The highest BCUT2D eigenvalue weighted by Crippen LogP contribution is 2.39. The largest absolute Gasteiger partial charge is 0.348 e. The van der Waals surface area contributed by atoms with Crippen molar-refractivity contribution in [3.63, 3.8) is 0 Å². The lowest BCUT2D eigenvalue weighted by Crippen LogP contribution is -2.49. The fourth-order valence-corrected chi connectivity index (χ4v) is 4.49. The van der Waals surface area contributed by atoms with E-state index in [1.165, 1.54) is 0 Å². The van der Waals surface area contributed by atoms with Gasteiger partial charge in [0, 0.05) is 39.8 Å². The van der Waals surface area contributed by atoms with Crippen molar-refractivity contribution in [2.75, 3.05) is 40.0 Å². The molecular weight excluding hydrogens is 332 g/mol. The SMILES string of the molecule is CN(C)C(=O)C1(CNC(=O)N2CCC(NS(C)(=O)=O)C2)CCCC1. The van der Waals surface area contributed by atoms with Crippen LogP contribution in [0.1, 0.15) is 32.1 Å². The Labute approximate surface area is 144 Å². The number of sulfonamides is 1. The van der Waals surface area contributed by atoms with Crippen molar-refractivity contribution in [1.29, 1.82) is 0 Å². The van der Waals surface area contributed by atoms with Crippen LogP contribution in [0.5, 0.6) is 0 Å². The van der Waals surface area contributed by atoms with E-state index in [0.717, 1.165) is 31.9 Å². The van der Waals surface area contributed by atoms with Gasteiger partial charge in [-0.25, -0.2) is 17.9 Å². The van der Waals surface area contributed by atoms with Gasteiger partial charge in [0.1, 0.15) is 0 Å². The monoisotopic (exact) mass is 360 g/mol. The third-order valence-electron chi connectivity index (χ3n) is 4.85. The predicted molar refractivity (Wildman–Crippen MR) is 91.0 cm³/mol. The maximum Gasteiger partial charge on any atom is 0.317 e. The number of hydrogen-bond acceptors (Lipinski definition) is 4. The van der Waals surface area contributed by atoms with Crippen LogP contribution in [-0.2, 0) is 14.8 Å². The summed E-state index contributed by atoms with van der Waals surface area (Å²) in [7, 11) is 0.213. The molecule has 1 atom stereocenters. The highest BCUT2D eigenvalue weighted by Gasteiger charge is 2.42. The van der Waals surface area contributed by atoms with Crippen LogP contribution in [0, 0.1) is 5.41 Å². The first kappa shape index (κ1) is 19.0. The molecule has 1 unspecified atom stereocenters. The maximum absolute atomic E-state index is 12.5. The molecule has 0 aromatic carbocycles. The van der Waals surface area contributed by atoms with Crippen LogP contribution >= 0.6 is 0 Å². The van der Waals surface area contributed by atoms with Gasteiger partial charge in [0.05, 0.1) is 11.7 Å². The van der Waals surface area contributed by atoms with Gasteiger partial charge in [-0.3, -0.25) is 4.79 Å². The summed E-state index contributed by atoms with van der Waals surface area (Å²) in [6.07, 6.45) is 5.30. The van der Waals surface area contributed by atoms with E-state index >= 15 is 0 Å². The molecule has 2 aliphatic rings. The molecule has 0 aromatic rings. The molecule has 0 spiro atoms. The van der Waals surface area contributed by atoms with Gasteiger partial charge in [-0.2, -0.15) is 0 Å². The Balaban J connectivity index is 1.89. The van der Waals surface area contributed by atoms with Gasteiger partial charge in [-0.05, 0) is 19.3 Å². The summed E-state index contributed by atoms with van der Waals surface area (Å²) in [6.45, 7) is 1.20. The second-order valence-electron chi connectivity index (χ2n) is 7.17. The average Bonchev–Trinajstić information content (AvgIpc) is 3.12. The second kappa shape index (κ2) is 7.26. The van der Waals surface area contributed by atoms with Crippen LogP contribution in [0.4, 0.5) is 4.79 Å². The van der Waals surface area contributed by atoms with E-state index in [9.17, 15) is 18.0 Å². The summed E-state index contributed by atoms with van der Waals surface area (Å²) in [4.78, 5) is 28.1. The molecule has 2 rings (SSSR count). The van der Waals surface area contributed by atoms with E-state index < -0.39 is 15.4 Å². The number of carbonyl (C=O) groups excluding carboxylic acids is 2. The summed E-state index contributed by atoms with van der Waals surface area (Å²) < 4.78 is 25.1. The van der Waals surface area contributed by atoms with E-state index in [1.807, 2.05) is 0 Å². The summed E-state index contributed by atoms with van der Waals surface area (Å²) >= 11 is 0. The summed E-state index contributed by atoms with van der Waals surface area (Å²) in [5, 5.41) is 2.89. The lowest BCUT2D eigenvalue weighted by Gasteiger charge is -2.31. The molecule has 0 bridgehead atoms. The van der Waals surface area contributed by atoms with Gasteiger partial charge in [0.15, 0.2) is 0 Å². The van der Waals surface area contributed by atoms with Crippen LogP contribution in [-0.4, -0.2) is 76.2 Å². The van der Waals surface area contributed by atoms with Crippen molar-refractivity contribution in [3.8, 4) is 0 Å². The number of rotatable bonds is 5. The Morgan fingerprint density at radius 2 is 1.88 bits per heavy atom. The molecule has 2 fully saturated rings. The van der Waals surface area contributed by atoms with Gasteiger partial charge in [-0.1, -0.05) is 12.8 Å². The quantitative estimate of drug-likeness (QED) is 0.719. The zero-order valence-corrected chi connectivity index (χ0v) is 15.5. The zero-order valence-electron chi connectivity index (χ0n) is 14.7. The van der Waals surface area contributed by atoms with Crippen molar-refractivity contribution < 1.29 is 18.0 Å². The van der Waals surface area contributed by atoms with Crippen LogP contribution in [0.25, 0.3) is 0 Å². The Morgan fingerprint density at radius 3 is 2.42 bits per heavy atom. The number of likely N-dealkylation sites (tertiary alicyclic amines) is 1. The van der Waals surface area contributed by atoms with Crippen LogP contribution in [0.15, 0.2) is 0 Å². The molecule has 138 valence electrons. The molecule has 0 radical (unpaired) electrons. The molecule has 1 saturated heterocycles. The number of amides is 3. The van der Waals surface area contributed by atoms with E-state index in [1.54, 1.807) is 23.9 Å². The first-order valence-corrected chi connectivity index (χ1v) is 10.2. The van der Waals surface area contributed by atoms with Crippen LogP contribution in [0.3, 0.4) is 0 Å². The van der Waals surface area contributed by atoms with Crippen molar-refractivity contribution in [2.24, 2.45) is 5.41 Å². The lowest BCUT2D eigenvalue weighted by molar-refractivity contribution is -0.138. The van der Waals surface area contributed by atoms with Crippen molar-refractivity contribution >= 4 is 22.0 Å². The molecule has 8 nitrogen and oxygen atoms in total. The Kier molecular flexibility index (Phi) is 5.74. The van der Waals surface area contributed by atoms with Gasteiger partial charge < -0.3 is 15.1 Å². The third kappa shape index (κ3) is 4.60. The normalized spacial score (nSPS) is 23.3. The van der Waals surface area contributed by atoms with Crippen molar-refractivity contribution in [3.05, 3.63) is 0 Å². The number of nitrogens with one attached hydrogen (secondary N) is 2. The van der Waals surface area contributed by atoms with Gasteiger partial charge in [0.2, 0.25) is 15.9 Å². The lowest BCUT2D eigenvalue weighted by atomic mass is 9.84. The number of carbonyl (C=O) groups is 2. The smallest absolute Gasteiger partial charge is 0.317 e. The minimum absolute atomic E-state index is 0.0679. The van der Waals surface area contributed by atoms with E-state index in [-0.39, 0.29) is 18.0 Å².